The molecule has 0 aliphatic carbocycles. The molecule has 1 saturated heterocycles. The van der Waals surface area contributed by atoms with Gasteiger partial charge >= 0.3 is 0 Å². The van der Waals surface area contributed by atoms with Gasteiger partial charge in [0.1, 0.15) is 11.5 Å². The molecule has 1 N–H and O–H groups in total. The molecule has 0 bridgehead atoms. The Morgan fingerprint density at radius 1 is 1.13 bits per heavy atom. The van der Waals surface area contributed by atoms with Gasteiger partial charge in [0.05, 0.1) is 11.4 Å². The Balaban J connectivity index is 1.33. The van der Waals surface area contributed by atoms with E-state index in [4.69, 9.17) is 9.97 Å². The van der Waals surface area contributed by atoms with Gasteiger partial charge in [-0.2, -0.15) is 0 Å². The molecule has 5 heterocycles. The Labute approximate surface area is 187 Å². The summed E-state index contributed by atoms with van der Waals surface area (Å²) in [5.41, 5.74) is 5.87. The average Bonchev–Trinajstić information content (AvgIpc) is 3.32. The number of fused-ring (bicyclic) bond motifs is 1. The van der Waals surface area contributed by atoms with Crippen LogP contribution in [-0.4, -0.2) is 37.3 Å². The van der Waals surface area contributed by atoms with Crippen molar-refractivity contribution >= 4 is 27.9 Å². The van der Waals surface area contributed by atoms with E-state index in [0.717, 1.165) is 47.6 Å². The van der Waals surface area contributed by atoms with Crippen LogP contribution in [-0.2, 0) is 6.54 Å². The van der Waals surface area contributed by atoms with Crippen LogP contribution >= 0.6 is 11.3 Å². The van der Waals surface area contributed by atoms with Gasteiger partial charge in [-0.1, -0.05) is 12.1 Å². The summed E-state index contributed by atoms with van der Waals surface area (Å²) < 4.78 is 2.26. The fourth-order valence-corrected chi connectivity index (χ4v) is 5.15. The topological polar surface area (TPSA) is 58.4 Å². The van der Waals surface area contributed by atoms with Crippen molar-refractivity contribution in [2.24, 2.45) is 0 Å². The van der Waals surface area contributed by atoms with Crippen molar-refractivity contribution in [3.8, 4) is 0 Å². The second-order valence-electron chi connectivity index (χ2n) is 8.45. The van der Waals surface area contributed by atoms with E-state index in [-0.39, 0.29) is 0 Å². The number of aromatic nitrogens is 4. The number of thiazole rings is 1. The number of aryl methyl sites for hydroxylation is 3. The van der Waals surface area contributed by atoms with Crippen LogP contribution in [0, 0.1) is 20.8 Å². The Kier molecular flexibility index (Phi) is 5.46. The largest absolute Gasteiger partial charge is 0.316 e. The molecule has 6 nitrogen and oxygen atoms in total. The van der Waals surface area contributed by atoms with Crippen LogP contribution in [0.15, 0.2) is 42.7 Å². The van der Waals surface area contributed by atoms with Gasteiger partial charge in [0.25, 0.3) is 0 Å². The summed E-state index contributed by atoms with van der Waals surface area (Å²) in [6.45, 7) is 9.37. The number of rotatable bonds is 5. The van der Waals surface area contributed by atoms with Gasteiger partial charge in [0, 0.05) is 42.0 Å². The molecule has 1 aliphatic rings. The highest BCUT2D eigenvalue weighted by Crippen LogP contribution is 2.29. The quantitative estimate of drug-likeness (QED) is 0.468. The average molecular weight is 433 g/mol. The zero-order valence-electron chi connectivity index (χ0n) is 18.3. The Morgan fingerprint density at radius 2 is 2.03 bits per heavy atom. The maximum atomic E-state index is 4.92. The molecule has 0 amide bonds. The molecule has 0 spiro atoms. The van der Waals surface area contributed by atoms with Crippen molar-refractivity contribution in [2.75, 3.05) is 18.4 Å². The van der Waals surface area contributed by atoms with Gasteiger partial charge in [-0.05, 0) is 63.9 Å². The van der Waals surface area contributed by atoms with Crippen LogP contribution in [0.5, 0.6) is 0 Å². The lowest BCUT2D eigenvalue weighted by Gasteiger charge is -2.32. The third-order valence-corrected chi connectivity index (χ3v) is 6.90. The molecule has 7 heteroatoms. The standard InChI is InChI=1S/C24H28N6S/c1-16-7-5-12-30-21(18(3)26-23(16)30)15-29-11-6-8-19(14-29)20-9-4-10-22(27-20)28-24-25-13-17(2)31-24/h4-5,7,9-10,12-13,19H,6,8,11,14-15H2,1-3H3,(H,25,27,28). The lowest BCUT2D eigenvalue weighted by Crippen LogP contribution is -2.34. The summed E-state index contributed by atoms with van der Waals surface area (Å²) in [4.78, 5) is 17.9. The van der Waals surface area contributed by atoms with Gasteiger partial charge in [0.15, 0.2) is 5.13 Å². The number of nitrogens with zero attached hydrogens (tertiary/aromatic N) is 5. The zero-order valence-corrected chi connectivity index (χ0v) is 19.1. The van der Waals surface area contributed by atoms with Gasteiger partial charge in [0.2, 0.25) is 0 Å². The van der Waals surface area contributed by atoms with E-state index < -0.39 is 0 Å². The van der Waals surface area contributed by atoms with Gasteiger partial charge in [-0.15, -0.1) is 11.3 Å². The molecule has 0 radical (unpaired) electrons. The highest BCUT2D eigenvalue weighted by molar-refractivity contribution is 7.15. The predicted octanol–water partition coefficient (Wildman–Crippen LogP) is 5.23. The van der Waals surface area contributed by atoms with Crippen LogP contribution in [0.1, 0.15) is 46.3 Å². The molecule has 1 fully saturated rings. The number of likely N-dealkylation sites (tertiary alicyclic amines) is 1. The van der Waals surface area contributed by atoms with E-state index in [1.54, 1.807) is 11.3 Å². The minimum absolute atomic E-state index is 0.440. The summed E-state index contributed by atoms with van der Waals surface area (Å²) in [5, 5.41) is 4.25. The van der Waals surface area contributed by atoms with Crippen LogP contribution in [0.25, 0.3) is 5.65 Å². The van der Waals surface area contributed by atoms with Crippen LogP contribution in [0.4, 0.5) is 10.9 Å². The lowest BCUT2D eigenvalue weighted by atomic mass is 9.94. The highest BCUT2D eigenvalue weighted by Gasteiger charge is 2.24. The van der Waals surface area contributed by atoms with E-state index >= 15 is 0 Å². The normalized spacial score (nSPS) is 17.3. The summed E-state index contributed by atoms with van der Waals surface area (Å²) in [5.74, 6) is 1.31. The van der Waals surface area contributed by atoms with Crippen LogP contribution < -0.4 is 5.32 Å². The fraction of sp³-hybridized carbons (Fsp3) is 0.375. The first-order valence-electron chi connectivity index (χ1n) is 10.9. The first-order valence-corrected chi connectivity index (χ1v) is 11.7. The molecule has 1 atom stereocenters. The van der Waals surface area contributed by atoms with Crippen molar-refractivity contribution in [1.29, 1.82) is 0 Å². The molecular weight excluding hydrogens is 404 g/mol. The Bertz CT molecular complexity index is 1210. The molecule has 0 aromatic carbocycles. The lowest BCUT2D eigenvalue weighted by molar-refractivity contribution is 0.195. The van der Waals surface area contributed by atoms with Crippen LogP contribution in [0.2, 0.25) is 0 Å². The molecule has 160 valence electrons. The molecule has 0 saturated carbocycles. The van der Waals surface area contributed by atoms with Crippen LogP contribution in [0.3, 0.4) is 0 Å². The summed E-state index contributed by atoms with van der Waals surface area (Å²) in [6, 6.07) is 10.5. The van der Waals surface area contributed by atoms with Crippen molar-refractivity contribution in [3.63, 3.8) is 0 Å². The maximum absolute atomic E-state index is 4.92. The first-order chi connectivity index (χ1) is 15.1. The minimum atomic E-state index is 0.440. The van der Waals surface area contributed by atoms with E-state index in [0.29, 0.717) is 5.92 Å². The molecule has 31 heavy (non-hydrogen) atoms. The fourth-order valence-electron chi connectivity index (χ4n) is 4.48. The molecule has 1 unspecified atom stereocenters. The first kappa shape index (κ1) is 20.2. The Hall–Kier alpha value is -2.77. The summed E-state index contributed by atoms with van der Waals surface area (Å²) >= 11 is 1.65. The molecule has 4 aromatic heterocycles. The van der Waals surface area contributed by atoms with Gasteiger partial charge in [-0.3, -0.25) is 4.90 Å². The number of pyridine rings is 2. The van der Waals surface area contributed by atoms with E-state index in [1.807, 2.05) is 12.3 Å². The monoisotopic (exact) mass is 432 g/mol. The van der Waals surface area contributed by atoms with Gasteiger partial charge < -0.3 is 9.72 Å². The van der Waals surface area contributed by atoms with E-state index in [9.17, 15) is 0 Å². The number of hydrogen-bond acceptors (Lipinski definition) is 6. The molecule has 4 aromatic rings. The predicted molar refractivity (Wildman–Crippen MR) is 126 cm³/mol. The number of imidazole rings is 1. The number of nitrogens with one attached hydrogen (secondary N) is 1. The summed E-state index contributed by atoms with van der Waals surface area (Å²) in [7, 11) is 0. The van der Waals surface area contributed by atoms with Crippen molar-refractivity contribution in [2.45, 2.75) is 46.1 Å². The smallest absolute Gasteiger partial charge is 0.188 e. The number of piperidine rings is 1. The molecular formula is C24H28N6S. The van der Waals surface area contributed by atoms with Crippen molar-refractivity contribution < 1.29 is 0 Å². The Morgan fingerprint density at radius 3 is 2.87 bits per heavy atom. The molecule has 5 rings (SSSR count). The second kappa shape index (κ2) is 8.40. The number of hydrogen-bond donors (Lipinski definition) is 1. The highest BCUT2D eigenvalue weighted by atomic mass is 32.1. The van der Waals surface area contributed by atoms with E-state index in [1.165, 1.54) is 29.0 Å². The van der Waals surface area contributed by atoms with Crippen molar-refractivity contribution in [3.05, 3.63) is 70.2 Å². The third kappa shape index (κ3) is 4.20. The SMILES string of the molecule is Cc1cnc(Nc2cccc(C3CCCN(Cc4c(C)nc5c(C)cccn45)C3)n2)s1. The third-order valence-electron chi connectivity index (χ3n) is 6.07. The van der Waals surface area contributed by atoms with Crippen molar-refractivity contribution in [1.82, 2.24) is 24.3 Å². The molecule has 1 aliphatic heterocycles. The number of anilines is 2. The zero-order chi connectivity index (χ0) is 21.4. The summed E-state index contributed by atoms with van der Waals surface area (Å²) in [6.07, 6.45) is 6.38. The van der Waals surface area contributed by atoms with E-state index in [2.05, 4.69) is 70.8 Å². The maximum Gasteiger partial charge on any atom is 0.188 e. The van der Waals surface area contributed by atoms with Gasteiger partial charge in [-0.25, -0.2) is 15.0 Å². The minimum Gasteiger partial charge on any atom is -0.316 e. The second-order valence-corrected chi connectivity index (χ2v) is 9.69.